The van der Waals surface area contributed by atoms with Crippen LogP contribution in [0.3, 0.4) is 0 Å². The van der Waals surface area contributed by atoms with Crippen LogP contribution in [0.4, 0.5) is 5.69 Å². The van der Waals surface area contributed by atoms with Gasteiger partial charge in [0.05, 0.1) is 31.8 Å². The molecule has 46 heavy (non-hydrogen) atoms. The van der Waals surface area contributed by atoms with Gasteiger partial charge in [-0.05, 0) is 80.1 Å². The van der Waals surface area contributed by atoms with Crippen molar-refractivity contribution in [3.8, 4) is 11.5 Å². The van der Waals surface area contributed by atoms with Crippen LogP contribution in [0.5, 0.6) is 11.5 Å². The highest BCUT2D eigenvalue weighted by Crippen LogP contribution is 2.39. The Morgan fingerprint density at radius 2 is 1.76 bits per heavy atom. The Morgan fingerprint density at radius 1 is 1.04 bits per heavy atom. The normalized spacial score (nSPS) is 19.0. The number of hydrogen-bond acceptors (Lipinski definition) is 8. The minimum Gasteiger partial charge on any atom is -0.496 e. The summed E-state index contributed by atoms with van der Waals surface area (Å²) in [6, 6.07) is 12.6. The predicted octanol–water partition coefficient (Wildman–Crippen LogP) is 4.91. The number of likely N-dealkylation sites (tertiary alicyclic amines) is 1. The van der Waals surface area contributed by atoms with E-state index >= 15 is 0 Å². The summed E-state index contributed by atoms with van der Waals surface area (Å²) in [5.41, 5.74) is 8.99. The first-order valence-corrected chi connectivity index (χ1v) is 16.1. The number of aromatic amines is 1. The number of H-pyrrole nitrogens is 1. The van der Waals surface area contributed by atoms with Crippen LogP contribution < -0.4 is 25.4 Å². The average Bonchev–Trinajstić information content (AvgIpc) is 3.57. The predicted molar refractivity (Wildman–Crippen MR) is 183 cm³/mol. The van der Waals surface area contributed by atoms with E-state index in [1.54, 1.807) is 14.2 Å². The molecule has 10 heteroatoms. The van der Waals surface area contributed by atoms with Gasteiger partial charge in [-0.15, -0.1) is 0 Å². The number of methoxy groups -OCH3 is 2. The SMILES string of the molecule is C=C1CCC(Nc2ccc(C3CCN(CCNCc4c(OC)cc(C5=CN(C)C(=C)c6[nH]ncc65)cc4OC)CC3)cc2)C(=O)N1. The number of anilines is 1. The topological polar surface area (TPSA) is 107 Å². The van der Waals surface area contributed by atoms with Gasteiger partial charge in [-0.25, -0.2) is 0 Å². The van der Waals surface area contributed by atoms with E-state index in [9.17, 15) is 4.79 Å². The fourth-order valence-electron chi connectivity index (χ4n) is 6.68. The maximum absolute atomic E-state index is 12.2. The van der Waals surface area contributed by atoms with Gasteiger partial charge < -0.3 is 35.2 Å². The van der Waals surface area contributed by atoms with Crippen molar-refractivity contribution >= 4 is 22.9 Å². The first kappa shape index (κ1) is 31.4. The Hall–Kier alpha value is -4.54. The molecule has 2 fully saturated rings. The highest BCUT2D eigenvalue weighted by Gasteiger charge is 2.26. The van der Waals surface area contributed by atoms with Crippen molar-refractivity contribution < 1.29 is 14.3 Å². The fraction of sp³-hybridized carbons (Fsp3) is 0.389. The highest BCUT2D eigenvalue weighted by atomic mass is 16.5. The van der Waals surface area contributed by atoms with Crippen molar-refractivity contribution in [2.45, 2.75) is 44.2 Å². The summed E-state index contributed by atoms with van der Waals surface area (Å²) < 4.78 is 11.7. The molecule has 2 saturated heterocycles. The molecule has 4 N–H and O–H groups in total. The molecule has 10 nitrogen and oxygen atoms in total. The van der Waals surface area contributed by atoms with E-state index in [0.29, 0.717) is 12.5 Å². The van der Waals surface area contributed by atoms with Gasteiger partial charge in [0, 0.05) is 61.0 Å². The zero-order valence-corrected chi connectivity index (χ0v) is 27.1. The van der Waals surface area contributed by atoms with E-state index in [1.165, 1.54) is 5.56 Å². The largest absolute Gasteiger partial charge is 0.496 e. The van der Waals surface area contributed by atoms with Gasteiger partial charge in [0.15, 0.2) is 0 Å². The number of nitrogens with one attached hydrogen (secondary N) is 4. The van der Waals surface area contributed by atoms with E-state index in [2.05, 4.69) is 86.8 Å². The second-order valence-electron chi connectivity index (χ2n) is 12.4. The summed E-state index contributed by atoms with van der Waals surface area (Å²) >= 11 is 0. The van der Waals surface area contributed by atoms with Crippen LogP contribution in [-0.4, -0.2) is 79.4 Å². The number of allylic oxidation sites excluding steroid dienone is 1. The van der Waals surface area contributed by atoms with Crippen LogP contribution in [0.1, 0.15) is 59.5 Å². The summed E-state index contributed by atoms with van der Waals surface area (Å²) in [7, 11) is 5.39. The highest BCUT2D eigenvalue weighted by molar-refractivity contribution is 5.89. The zero-order valence-electron chi connectivity index (χ0n) is 27.1. The number of ether oxygens (including phenoxy) is 2. The molecule has 3 aromatic rings. The molecule has 0 spiro atoms. The van der Waals surface area contributed by atoms with E-state index in [1.807, 2.05) is 18.1 Å². The Kier molecular flexibility index (Phi) is 9.46. The number of benzene rings is 2. The van der Waals surface area contributed by atoms with Gasteiger partial charge in [-0.2, -0.15) is 5.10 Å². The third-order valence-corrected chi connectivity index (χ3v) is 9.45. The van der Waals surface area contributed by atoms with E-state index in [-0.39, 0.29) is 11.9 Å². The van der Waals surface area contributed by atoms with Crippen LogP contribution in [0, 0.1) is 0 Å². The summed E-state index contributed by atoms with van der Waals surface area (Å²) in [4.78, 5) is 16.8. The van der Waals surface area contributed by atoms with Crippen LogP contribution in [-0.2, 0) is 11.3 Å². The number of nitrogens with zero attached hydrogens (tertiary/aromatic N) is 3. The number of fused-ring (bicyclic) bond motifs is 1. The van der Waals surface area contributed by atoms with Crippen LogP contribution in [0.15, 0.2) is 67.6 Å². The maximum Gasteiger partial charge on any atom is 0.246 e. The summed E-state index contributed by atoms with van der Waals surface area (Å²) in [6.07, 6.45) is 7.77. The molecule has 4 heterocycles. The van der Waals surface area contributed by atoms with Crippen LogP contribution in [0.25, 0.3) is 11.3 Å². The molecule has 3 aliphatic rings. The molecule has 1 aromatic heterocycles. The number of amides is 1. The molecule has 242 valence electrons. The Balaban J connectivity index is 0.993. The number of rotatable bonds is 11. The summed E-state index contributed by atoms with van der Waals surface area (Å²) in [5, 5.41) is 17.2. The molecular formula is C36H45N7O3. The Bertz CT molecular complexity index is 1590. The first-order valence-electron chi connectivity index (χ1n) is 16.1. The lowest BCUT2D eigenvalue weighted by Gasteiger charge is -2.32. The number of aromatic nitrogens is 2. The van der Waals surface area contributed by atoms with Crippen molar-refractivity contribution in [3.63, 3.8) is 0 Å². The van der Waals surface area contributed by atoms with Crippen molar-refractivity contribution in [2.24, 2.45) is 0 Å². The van der Waals surface area contributed by atoms with Crippen molar-refractivity contribution in [1.29, 1.82) is 0 Å². The lowest BCUT2D eigenvalue weighted by atomic mass is 9.89. The number of hydrogen-bond donors (Lipinski definition) is 4. The molecule has 2 aromatic carbocycles. The van der Waals surface area contributed by atoms with Crippen molar-refractivity contribution in [2.75, 3.05) is 52.8 Å². The smallest absolute Gasteiger partial charge is 0.246 e. The number of piperidine rings is 2. The summed E-state index contributed by atoms with van der Waals surface area (Å²) in [6.45, 7) is 12.7. The fourth-order valence-corrected chi connectivity index (χ4v) is 6.68. The van der Waals surface area contributed by atoms with E-state index < -0.39 is 0 Å². The maximum atomic E-state index is 12.2. The van der Waals surface area contributed by atoms with Gasteiger partial charge in [-0.3, -0.25) is 9.89 Å². The molecular weight excluding hydrogens is 578 g/mol. The lowest BCUT2D eigenvalue weighted by molar-refractivity contribution is -0.122. The van der Waals surface area contributed by atoms with E-state index in [0.717, 1.165) is 108 Å². The molecule has 1 atom stereocenters. The Labute approximate surface area is 271 Å². The standard InChI is InChI=1S/C36H45N7O3/c1-23-6-11-32(36(44)39-23)40-28-9-7-25(8-10-28)26-12-15-43(16-13-26)17-14-37-20-30-33(45-4)18-27(19-34(30)46-5)31-22-42(3)24(2)35-29(31)21-38-41-35/h7-10,18-19,21-22,26,32,37,40H,1-2,6,11-17,20H2,3-5H3,(H,38,41)(H,39,44). The molecule has 0 bridgehead atoms. The molecule has 1 unspecified atom stereocenters. The molecule has 0 radical (unpaired) electrons. The minimum absolute atomic E-state index is 0.000297. The first-order chi connectivity index (χ1) is 22.3. The molecule has 6 rings (SSSR count). The third kappa shape index (κ3) is 6.68. The Morgan fingerprint density at radius 3 is 2.43 bits per heavy atom. The minimum atomic E-state index is -0.205. The second-order valence-corrected chi connectivity index (χ2v) is 12.4. The third-order valence-electron chi connectivity index (χ3n) is 9.45. The van der Waals surface area contributed by atoms with Gasteiger partial charge in [0.25, 0.3) is 0 Å². The van der Waals surface area contributed by atoms with Crippen LogP contribution >= 0.6 is 0 Å². The lowest BCUT2D eigenvalue weighted by Crippen LogP contribution is -2.43. The molecule has 1 amide bonds. The number of carbonyl (C=O) groups excluding carboxylic acids is 1. The monoisotopic (exact) mass is 623 g/mol. The average molecular weight is 624 g/mol. The second kappa shape index (κ2) is 13.8. The van der Waals surface area contributed by atoms with Crippen molar-refractivity contribution in [3.05, 3.63) is 95.6 Å². The van der Waals surface area contributed by atoms with Crippen LogP contribution in [0.2, 0.25) is 0 Å². The van der Waals surface area contributed by atoms with Gasteiger partial charge >= 0.3 is 0 Å². The zero-order chi connectivity index (χ0) is 32.2. The van der Waals surface area contributed by atoms with E-state index in [4.69, 9.17) is 9.47 Å². The molecule has 3 aliphatic heterocycles. The quantitative estimate of drug-likeness (QED) is 0.224. The molecule has 0 aliphatic carbocycles. The number of carbonyl (C=O) groups is 1. The molecule has 0 saturated carbocycles. The van der Waals surface area contributed by atoms with Crippen molar-refractivity contribution in [1.82, 2.24) is 30.6 Å². The van der Waals surface area contributed by atoms with Gasteiger partial charge in [0.2, 0.25) is 5.91 Å². The van der Waals surface area contributed by atoms with Gasteiger partial charge in [0.1, 0.15) is 17.5 Å². The summed E-state index contributed by atoms with van der Waals surface area (Å²) in [5.74, 6) is 2.13. The van der Waals surface area contributed by atoms with Gasteiger partial charge in [-0.1, -0.05) is 25.3 Å².